The molecule has 2 N–H and O–H groups in total. The van der Waals surface area contributed by atoms with Crippen LogP contribution in [-0.4, -0.2) is 86.2 Å². The summed E-state index contributed by atoms with van der Waals surface area (Å²) in [6, 6.07) is 0. The molecule has 5 nitrogen and oxygen atoms in total. The first-order chi connectivity index (χ1) is 11.7. The quantitative estimate of drug-likeness (QED) is 0.252. The van der Waals surface area contributed by atoms with Gasteiger partial charge in [-0.25, -0.2) is 0 Å². The highest BCUT2D eigenvalue weighted by molar-refractivity contribution is 14.0. The van der Waals surface area contributed by atoms with Crippen molar-refractivity contribution in [1.82, 2.24) is 20.4 Å². The summed E-state index contributed by atoms with van der Waals surface area (Å²) in [5.74, 6) is 2.11. The molecule has 2 fully saturated rings. The minimum absolute atomic E-state index is 0. The van der Waals surface area contributed by atoms with Gasteiger partial charge in [0.05, 0.1) is 6.54 Å². The summed E-state index contributed by atoms with van der Waals surface area (Å²) < 4.78 is 0. The Kier molecular flexibility index (Phi) is 11.8. The number of aliphatic imine (C=N–C) groups is 1. The Hall–Kier alpha value is 0.270. The summed E-state index contributed by atoms with van der Waals surface area (Å²) in [4.78, 5) is 10.2. The lowest BCUT2D eigenvalue weighted by Gasteiger charge is -2.49. The fourth-order valence-electron chi connectivity index (χ4n) is 3.82. The van der Waals surface area contributed by atoms with Crippen molar-refractivity contribution in [2.75, 3.05) is 64.9 Å². The van der Waals surface area contributed by atoms with Crippen LogP contribution in [0.1, 0.15) is 39.0 Å². The third-order valence-electron chi connectivity index (χ3n) is 5.42. The summed E-state index contributed by atoms with van der Waals surface area (Å²) in [6.07, 6.45) is 8.75. The van der Waals surface area contributed by atoms with Crippen molar-refractivity contribution in [2.45, 2.75) is 44.6 Å². The molecule has 0 amide bonds. The normalized spacial score (nSPS) is 22.3. The second kappa shape index (κ2) is 12.6. The van der Waals surface area contributed by atoms with Crippen LogP contribution in [0.2, 0.25) is 0 Å². The van der Waals surface area contributed by atoms with Crippen molar-refractivity contribution in [3.63, 3.8) is 0 Å². The standard InChI is InChI=1S/C18H37N5S.HI/c1-4-19-17(20-10-15-24-3)21-16-18(8-13-22(2)14-9-18)23-11-6-5-7-12-23;/h4-16H2,1-3H3,(H2,19,20,21);1H. The lowest BCUT2D eigenvalue weighted by atomic mass is 9.84. The van der Waals surface area contributed by atoms with Gasteiger partial charge in [0.25, 0.3) is 0 Å². The van der Waals surface area contributed by atoms with E-state index >= 15 is 0 Å². The Morgan fingerprint density at radius 2 is 1.76 bits per heavy atom. The Labute approximate surface area is 176 Å². The SMILES string of the molecule is CCNC(=NCC1(N2CCCCC2)CCN(C)CC1)NCCSC.I. The minimum atomic E-state index is 0. The number of guanidine groups is 1. The Morgan fingerprint density at radius 3 is 2.36 bits per heavy atom. The van der Waals surface area contributed by atoms with E-state index in [1.807, 2.05) is 11.8 Å². The van der Waals surface area contributed by atoms with E-state index in [1.54, 1.807) is 0 Å². The average Bonchev–Trinajstić information content (AvgIpc) is 2.62. The van der Waals surface area contributed by atoms with E-state index in [0.29, 0.717) is 0 Å². The topological polar surface area (TPSA) is 42.9 Å². The van der Waals surface area contributed by atoms with E-state index in [0.717, 1.165) is 31.3 Å². The lowest BCUT2D eigenvalue weighted by molar-refractivity contribution is 0.0208. The number of likely N-dealkylation sites (tertiary alicyclic amines) is 2. The third kappa shape index (κ3) is 7.42. The molecule has 0 unspecified atom stereocenters. The maximum absolute atomic E-state index is 5.01. The van der Waals surface area contributed by atoms with Crippen molar-refractivity contribution in [3.8, 4) is 0 Å². The molecule has 2 rings (SSSR count). The number of hydrogen-bond acceptors (Lipinski definition) is 4. The van der Waals surface area contributed by atoms with Crippen LogP contribution in [0.4, 0.5) is 0 Å². The van der Waals surface area contributed by atoms with Gasteiger partial charge in [0.15, 0.2) is 5.96 Å². The van der Waals surface area contributed by atoms with Gasteiger partial charge in [-0.1, -0.05) is 6.42 Å². The first-order valence-corrected chi connectivity index (χ1v) is 11.0. The molecule has 2 aliphatic rings. The molecule has 0 radical (unpaired) electrons. The fraction of sp³-hybridized carbons (Fsp3) is 0.944. The molecule has 25 heavy (non-hydrogen) atoms. The molecule has 0 aromatic rings. The molecule has 2 saturated heterocycles. The number of halogens is 1. The molecule has 0 atom stereocenters. The van der Waals surface area contributed by atoms with Gasteiger partial charge in [-0.15, -0.1) is 24.0 Å². The van der Waals surface area contributed by atoms with Gasteiger partial charge >= 0.3 is 0 Å². The van der Waals surface area contributed by atoms with Crippen LogP contribution in [0.15, 0.2) is 4.99 Å². The zero-order valence-corrected chi connectivity index (χ0v) is 19.5. The first-order valence-electron chi connectivity index (χ1n) is 9.65. The molecule has 0 bridgehead atoms. The lowest BCUT2D eigenvalue weighted by Crippen LogP contribution is -2.58. The van der Waals surface area contributed by atoms with Crippen LogP contribution in [-0.2, 0) is 0 Å². The van der Waals surface area contributed by atoms with Crippen LogP contribution in [0, 0.1) is 0 Å². The van der Waals surface area contributed by atoms with E-state index in [4.69, 9.17) is 4.99 Å². The summed E-state index contributed by atoms with van der Waals surface area (Å²) >= 11 is 1.87. The van der Waals surface area contributed by atoms with Gasteiger partial charge in [0.1, 0.15) is 0 Å². The second-order valence-corrected chi connectivity index (χ2v) is 8.18. The molecule has 2 heterocycles. The highest BCUT2D eigenvalue weighted by atomic mass is 127. The number of piperidine rings is 2. The van der Waals surface area contributed by atoms with Crippen LogP contribution >= 0.6 is 35.7 Å². The smallest absolute Gasteiger partial charge is 0.191 e. The van der Waals surface area contributed by atoms with Crippen molar-refractivity contribution >= 4 is 41.7 Å². The molecule has 148 valence electrons. The number of thioether (sulfide) groups is 1. The van der Waals surface area contributed by atoms with E-state index in [-0.39, 0.29) is 29.5 Å². The van der Waals surface area contributed by atoms with Crippen molar-refractivity contribution in [3.05, 3.63) is 0 Å². The molecule has 2 aliphatic heterocycles. The molecule has 0 aromatic carbocycles. The van der Waals surface area contributed by atoms with Crippen LogP contribution in [0.25, 0.3) is 0 Å². The van der Waals surface area contributed by atoms with Crippen LogP contribution in [0.5, 0.6) is 0 Å². The molecular formula is C18H38IN5S. The molecule has 7 heteroatoms. The monoisotopic (exact) mass is 483 g/mol. The number of nitrogens with zero attached hydrogens (tertiary/aromatic N) is 3. The van der Waals surface area contributed by atoms with Crippen molar-refractivity contribution < 1.29 is 0 Å². The van der Waals surface area contributed by atoms with Crippen LogP contribution < -0.4 is 10.6 Å². The predicted molar refractivity (Wildman–Crippen MR) is 123 cm³/mol. The molecule has 0 spiro atoms. The highest BCUT2D eigenvalue weighted by Crippen LogP contribution is 2.31. The van der Waals surface area contributed by atoms with E-state index in [9.17, 15) is 0 Å². The maximum atomic E-state index is 5.01. The average molecular weight is 484 g/mol. The van der Waals surface area contributed by atoms with Crippen molar-refractivity contribution in [1.29, 1.82) is 0 Å². The van der Waals surface area contributed by atoms with Gasteiger partial charge < -0.3 is 15.5 Å². The summed E-state index contributed by atoms with van der Waals surface area (Å²) in [5.41, 5.74) is 0.273. The van der Waals surface area contributed by atoms with Gasteiger partial charge in [0, 0.05) is 24.4 Å². The zero-order valence-electron chi connectivity index (χ0n) is 16.4. The molecule has 0 aromatic heterocycles. The van der Waals surface area contributed by atoms with Crippen molar-refractivity contribution in [2.24, 2.45) is 4.99 Å². The van der Waals surface area contributed by atoms with Gasteiger partial charge in [0.2, 0.25) is 0 Å². The Balaban J connectivity index is 0.00000312. The number of rotatable bonds is 7. The Bertz CT molecular complexity index is 380. The van der Waals surface area contributed by atoms with E-state index < -0.39 is 0 Å². The summed E-state index contributed by atoms with van der Waals surface area (Å²) in [5, 5.41) is 6.89. The molecule has 0 aliphatic carbocycles. The van der Waals surface area contributed by atoms with E-state index in [2.05, 4.69) is 40.7 Å². The second-order valence-electron chi connectivity index (χ2n) is 7.19. The minimum Gasteiger partial charge on any atom is -0.357 e. The summed E-state index contributed by atoms with van der Waals surface area (Å²) in [6.45, 7) is 9.88. The Morgan fingerprint density at radius 1 is 1.08 bits per heavy atom. The third-order valence-corrected chi connectivity index (χ3v) is 6.03. The van der Waals surface area contributed by atoms with Gasteiger partial charge in [-0.2, -0.15) is 11.8 Å². The number of hydrogen-bond donors (Lipinski definition) is 2. The van der Waals surface area contributed by atoms with Crippen LogP contribution in [0.3, 0.4) is 0 Å². The largest absolute Gasteiger partial charge is 0.357 e. The maximum Gasteiger partial charge on any atom is 0.191 e. The van der Waals surface area contributed by atoms with E-state index in [1.165, 1.54) is 58.3 Å². The van der Waals surface area contributed by atoms with Gasteiger partial charge in [-0.05, 0) is 72.1 Å². The first kappa shape index (κ1) is 23.3. The van der Waals surface area contributed by atoms with Gasteiger partial charge in [-0.3, -0.25) is 9.89 Å². The predicted octanol–water partition coefficient (Wildman–Crippen LogP) is 2.47. The molecule has 0 saturated carbocycles. The zero-order chi connectivity index (χ0) is 17.3. The fourth-order valence-corrected chi connectivity index (χ4v) is 4.12. The molecular weight excluding hydrogens is 445 g/mol. The highest BCUT2D eigenvalue weighted by Gasteiger charge is 2.39. The number of nitrogens with one attached hydrogen (secondary N) is 2. The summed E-state index contributed by atoms with van der Waals surface area (Å²) in [7, 11) is 2.25.